The van der Waals surface area contributed by atoms with E-state index in [-0.39, 0.29) is 5.91 Å². The largest absolute Gasteiger partial charge is 0.347 e. The molecule has 1 N–H and O–H groups in total. The molecule has 0 aliphatic heterocycles. The fourth-order valence-corrected chi connectivity index (χ4v) is 1.24. The molecule has 0 aliphatic rings. The predicted molar refractivity (Wildman–Crippen MR) is 61.9 cm³/mol. The van der Waals surface area contributed by atoms with Gasteiger partial charge in [0.15, 0.2) is 0 Å². The molecule has 0 heterocycles. The highest BCUT2D eigenvalue weighted by Crippen LogP contribution is 2.10. The van der Waals surface area contributed by atoms with Crippen molar-refractivity contribution < 1.29 is 4.79 Å². The second-order valence-electron chi connectivity index (χ2n) is 2.71. The number of rotatable bonds is 3. The van der Waals surface area contributed by atoms with Crippen LogP contribution in [0.15, 0.2) is 35.3 Å². The molecular weight excluding hydrogens is 265 g/mol. The Morgan fingerprint density at radius 1 is 1.57 bits per heavy atom. The van der Waals surface area contributed by atoms with E-state index in [1.165, 1.54) is 0 Å². The summed E-state index contributed by atoms with van der Waals surface area (Å²) in [6, 6.07) is 6.79. The smallest absolute Gasteiger partial charge is 0.251 e. The van der Waals surface area contributed by atoms with Crippen molar-refractivity contribution in [2.24, 2.45) is 0 Å². The van der Waals surface area contributed by atoms with Crippen molar-refractivity contribution in [3.63, 3.8) is 0 Å². The molecule has 0 saturated heterocycles. The van der Waals surface area contributed by atoms with Gasteiger partial charge in [0.1, 0.15) is 0 Å². The molecule has 1 rings (SSSR count). The maximum absolute atomic E-state index is 11.5. The molecule has 0 aromatic heterocycles. The van der Waals surface area contributed by atoms with Gasteiger partial charge in [-0.1, -0.05) is 40.2 Å². The Morgan fingerprint density at radius 3 is 2.86 bits per heavy atom. The normalized spacial score (nSPS) is 9.57. The summed E-state index contributed by atoms with van der Waals surface area (Å²) in [6.45, 7) is 4.02. The number of benzene rings is 1. The molecule has 1 aromatic carbocycles. The van der Waals surface area contributed by atoms with E-state index >= 15 is 0 Å². The molecule has 0 aliphatic carbocycles. The van der Waals surface area contributed by atoms with Gasteiger partial charge in [-0.05, 0) is 18.2 Å². The van der Waals surface area contributed by atoms with Gasteiger partial charge in [0.25, 0.3) is 5.91 Å². The average molecular weight is 275 g/mol. The van der Waals surface area contributed by atoms with E-state index in [0.717, 1.165) is 4.48 Å². The molecule has 0 spiro atoms. The highest BCUT2D eigenvalue weighted by Gasteiger charge is 2.04. The monoisotopic (exact) mass is 273 g/mol. The fourth-order valence-electron chi connectivity index (χ4n) is 0.908. The van der Waals surface area contributed by atoms with E-state index in [2.05, 4.69) is 27.8 Å². The number of hydrogen-bond donors (Lipinski definition) is 1. The molecule has 0 fully saturated rings. The van der Waals surface area contributed by atoms with Crippen molar-refractivity contribution in [2.75, 3.05) is 6.54 Å². The Hall–Kier alpha value is -0.800. The lowest BCUT2D eigenvalue weighted by atomic mass is 10.2. The molecule has 4 heteroatoms. The minimum atomic E-state index is -0.159. The highest BCUT2D eigenvalue weighted by atomic mass is 79.9. The van der Waals surface area contributed by atoms with E-state index in [1.54, 1.807) is 24.3 Å². The topological polar surface area (TPSA) is 29.1 Å². The molecule has 0 unspecified atom stereocenters. The first-order valence-electron chi connectivity index (χ1n) is 3.96. The van der Waals surface area contributed by atoms with Crippen molar-refractivity contribution in [3.8, 4) is 0 Å². The molecule has 2 nitrogen and oxygen atoms in total. The Balaban J connectivity index is 2.65. The van der Waals surface area contributed by atoms with Gasteiger partial charge in [-0.25, -0.2) is 0 Å². The molecule has 1 amide bonds. The van der Waals surface area contributed by atoms with Gasteiger partial charge in [0.2, 0.25) is 0 Å². The van der Waals surface area contributed by atoms with Crippen LogP contribution in [0.25, 0.3) is 0 Å². The SMILES string of the molecule is C=C(Br)CNC(=O)c1cccc(Cl)c1. The minimum absolute atomic E-state index is 0.159. The van der Waals surface area contributed by atoms with Crippen LogP contribution in [0.3, 0.4) is 0 Å². The molecule has 74 valence electrons. The van der Waals surface area contributed by atoms with Crippen LogP contribution in [-0.4, -0.2) is 12.5 Å². The van der Waals surface area contributed by atoms with E-state index in [1.807, 2.05) is 0 Å². The second kappa shape index (κ2) is 5.17. The van der Waals surface area contributed by atoms with Crippen LogP contribution in [0, 0.1) is 0 Å². The van der Waals surface area contributed by atoms with Crippen molar-refractivity contribution in [2.45, 2.75) is 0 Å². The van der Waals surface area contributed by atoms with Crippen LogP contribution >= 0.6 is 27.5 Å². The first-order chi connectivity index (χ1) is 6.59. The lowest BCUT2D eigenvalue weighted by Crippen LogP contribution is -2.24. The van der Waals surface area contributed by atoms with Crippen molar-refractivity contribution >= 4 is 33.4 Å². The third kappa shape index (κ3) is 3.52. The Labute approximate surface area is 96.1 Å². The zero-order valence-corrected chi connectivity index (χ0v) is 9.73. The molecular formula is C10H9BrClNO. The Morgan fingerprint density at radius 2 is 2.29 bits per heavy atom. The summed E-state index contributed by atoms with van der Waals surface area (Å²) in [5, 5.41) is 3.23. The van der Waals surface area contributed by atoms with Crippen LogP contribution in [0.4, 0.5) is 0 Å². The van der Waals surface area contributed by atoms with Gasteiger partial charge < -0.3 is 5.32 Å². The standard InChI is InChI=1S/C10H9BrClNO/c1-7(11)6-13-10(14)8-3-2-4-9(12)5-8/h2-5H,1,6H2,(H,13,14). The fraction of sp³-hybridized carbons (Fsp3) is 0.100. The number of carbonyl (C=O) groups excluding carboxylic acids is 1. The summed E-state index contributed by atoms with van der Waals surface area (Å²) >= 11 is 8.90. The number of amides is 1. The van der Waals surface area contributed by atoms with Gasteiger partial charge in [0, 0.05) is 21.6 Å². The quantitative estimate of drug-likeness (QED) is 0.902. The molecule has 0 bridgehead atoms. The van der Waals surface area contributed by atoms with E-state index in [9.17, 15) is 4.79 Å². The van der Waals surface area contributed by atoms with Crippen molar-refractivity contribution in [1.82, 2.24) is 5.32 Å². The van der Waals surface area contributed by atoms with Gasteiger partial charge >= 0.3 is 0 Å². The summed E-state index contributed by atoms with van der Waals surface area (Å²) in [7, 11) is 0. The molecule has 0 saturated carbocycles. The molecule has 1 aromatic rings. The van der Waals surface area contributed by atoms with Gasteiger partial charge in [-0.2, -0.15) is 0 Å². The van der Waals surface area contributed by atoms with Crippen molar-refractivity contribution in [3.05, 3.63) is 45.9 Å². The van der Waals surface area contributed by atoms with Gasteiger partial charge in [0.05, 0.1) is 0 Å². The number of halogens is 2. The first kappa shape index (κ1) is 11.3. The third-order valence-corrected chi connectivity index (χ3v) is 2.04. The average Bonchev–Trinajstić information content (AvgIpc) is 2.14. The lowest BCUT2D eigenvalue weighted by molar-refractivity contribution is 0.0958. The van der Waals surface area contributed by atoms with Gasteiger partial charge in [-0.15, -0.1) is 0 Å². The highest BCUT2D eigenvalue weighted by molar-refractivity contribution is 9.11. The number of nitrogens with one attached hydrogen (secondary N) is 1. The summed E-state index contributed by atoms with van der Waals surface area (Å²) in [5.74, 6) is -0.159. The van der Waals surface area contributed by atoms with E-state index in [4.69, 9.17) is 11.6 Å². The van der Waals surface area contributed by atoms with Crippen LogP contribution in [-0.2, 0) is 0 Å². The number of carbonyl (C=O) groups is 1. The molecule has 0 radical (unpaired) electrons. The zero-order chi connectivity index (χ0) is 10.6. The van der Waals surface area contributed by atoms with Crippen LogP contribution in [0.2, 0.25) is 5.02 Å². The summed E-state index contributed by atoms with van der Waals surface area (Å²) in [5.41, 5.74) is 0.547. The van der Waals surface area contributed by atoms with Crippen LogP contribution in [0.5, 0.6) is 0 Å². The minimum Gasteiger partial charge on any atom is -0.347 e. The Kier molecular flexibility index (Phi) is 4.17. The predicted octanol–water partition coefficient (Wildman–Crippen LogP) is 2.98. The van der Waals surface area contributed by atoms with Crippen LogP contribution < -0.4 is 5.32 Å². The maximum atomic E-state index is 11.5. The van der Waals surface area contributed by atoms with Gasteiger partial charge in [-0.3, -0.25) is 4.79 Å². The molecule has 0 atom stereocenters. The lowest BCUT2D eigenvalue weighted by Gasteiger charge is -2.03. The third-order valence-electron chi connectivity index (χ3n) is 1.53. The summed E-state index contributed by atoms with van der Waals surface area (Å²) in [6.07, 6.45) is 0. The summed E-state index contributed by atoms with van der Waals surface area (Å²) in [4.78, 5) is 11.5. The maximum Gasteiger partial charge on any atom is 0.251 e. The second-order valence-corrected chi connectivity index (χ2v) is 4.27. The molecule has 14 heavy (non-hydrogen) atoms. The first-order valence-corrected chi connectivity index (χ1v) is 5.14. The summed E-state index contributed by atoms with van der Waals surface area (Å²) < 4.78 is 0.730. The Bertz CT molecular complexity index is 365. The van der Waals surface area contributed by atoms with Crippen molar-refractivity contribution in [1.29, 1.82) is 0 Å². The van der Waals surface area contributed by atoms with E-state index < -0.39 is 0 Å². The number of hydrogen-bond acceptors (Lipinski definition) is 1. The van der Waals surface area contributed by atoms with Crippen LogP contribution in [0.1, 0.15) is 10.4 Å². The zero-order valence-electron chi connectivity index (χ0n) is 7.39. The van der Waals surface area contributed by atoms with E-state index in [0.29, 0.717) is 17.1 Å².